The Morgan fingerprint density at radius 2 is 2.08 bits per heavy atom. The molecule has 13 heavy (non-hydrogen) atoms. The van der Waals surface area contributed by atoms with Gasteiger partial charge in [-0.3, -0.25) is 10.1 Å². The van der Waals surface area contributed by atoms with Crippen molar-refractivity contribution in [3.63, 3.8) is 0 Å². The maximum absolute atomic E-state index is 10.9. The maximum Gasteiger partial charge on any atom is 0.322 e. The van der Waals surface area contributed by atoms with Crippen molar-refractivity contribution in [2.75, 3.05) is 0 Å². The number of rotatable bonds is 2. The lowest BCUT2D eigenvalue weighted by molar-refractivity contribution is -0.139. The summed E-state index contributed by atoms with van der Waals surface area (Å²) in [6.45, 7) is 8.16. The lowest BCUT2D eigenvalue weighted by atomic mass is 10.0. The molecule has 2 N–H and O–H groups in total. The van der Waals surface area contributed by atoms with Crippen LogP contribution >= 0.6 is 11.8 Å². The van der Waals surface area contributed by atoms with Crippen LogP contribution in [0.5, 0.6) is 0 Å². The highest BCUT2D eigenvalue weighted by atomic mass is 32.2. The third-order valence-corrected chi connectivity index (χ3v) is 4.09. The molecule has 1 saturated heterocycles. The van der Waals surface area contributed by atoms with Crippen LogP contribution < -0.4 is 5.32 Å². The topological polar surface area (TPSA) is 49.3 Å². The number of nitrogens with one attached hydrogen (secondary N) is 1. The van der Waals surface area contributed by atoms with Crippen LogP contribution in [-0.2, 0) is 4.79 Å². The third kappa shape index (κ3) is 2.17. The monoisotopic (exact) mass is 203 g/mol. The van der Waals surface area contributed by atoms with Crippen molar-refractivity contribution < 1.29 is 9.90 Å². The molecule has 0 spiro atoms. The standard InChI is InChI=1S/C9H17NO2S/c1-5(2)7-10-6(8(11)12)9(3,4)13-7/h5-7,10H,1-4H3,(H,11,12)/t6-,7-/m1/s1. The summed E-state index contributed by atoms with van der Waals surface area (Å²) in [4.78, 5) is 10.9. The van der Waals surface area contributed by atoms with Crippen molar-refractivity contribution >= 4 is 17.7 Å². The molecular formula is C9H17NO2S. The van der Waals surface area contributed by atoms with Gasteiger partial charge in [-0.15, -0.1) is 11.8 Å². The van der Waals surface area contributed by atoms with Crippen LogP contribution in [-0.4, -0.2) is 27.2 Å². The normalized spacial score (nSPS) is 32.4. The molecule has 0 amide bonds. The molecule has 1 heterocycles. The highest BCUT2D eigenvalue weighted by Crippen LogP contribution is 2.40. The van der Waals surface area contributed by atoms with Gasteiger partial charge in [0, 0.05) is 4.75 Å². The van der Waals surface area contributed by atoms with Crippen LogP contribution in [0.15, 0.2) is 0 Å². The van der Waals surface area contributed by atoms with Crippen molar-refractivity contribution in [3.05, 3.63) is 0 Å². The fraction of sp³-hybridized carbons (Fsp3) is 0.889. The van der Waals surface area contributed by atoms with E-state index < -0.39 is 12.0 Å². The molecule has 1 fully saturated rings. The summed E-state index contributed by atoms with van der Waals surface area (Å²) >= 11 is 1.72. The molecular weight excluding hydrogens is 186 g/mol. The highest BCUT2D eigenvalue weighted by Gasteiger charge is 2.45. The van der Waals surface area contributed by atoms with Crippen molar-refractivity contribution in [1.82, 2.24) is 5.32 Å². The molecule has 0 aromatic rings. The first-order chi connectivity index (χ1) is 5.84. The minimum atomic E-state index is -0.749. The van der Waals surface area contributed by atoms with Crippen molar-refractivity contribution in [2.24, 2.45) is 5.92 Å². The quantitative estimate of drug-likeness (QED) is 0.714. The second-order valence-corrected chi connectivity index (χ2v) is 6.12. The lowest BCUT2D eigenvalue weighted by Gasteiger charge is -2.21. The van der Waals surface area contributed by atoms with Gasteiger partial charge in [0.25, 0.3) is 0 Å². The van der Waals surface area contributed by atoms with Gasteiger partial charge in [-0.05, 0) is 19.8 Å². The van der Waals surface area contributed by atoms with E-state index in [1.165, 1.54) is 0 Å². The molecule has 1 rings (SSSR count). The van der Waals surface area contributed by atoms with Crippen LogP contribution in [0.2, 0.25) is 0 Å². The van der Waals surface area contributed by atoms with Gasteiger partial charge in [-0.25, -0.2) is 0 Å². The molecule has 0 unspecified atom stereocenters. The number of carboxylic acid groups (broad SMARTS) is 1. The number of aliphatic carboxylic acids is 1. The predicted octanol–water partition coefficient (Wildman–Crippen LogP) is 1.54. The fourth-order valence-corrected chi connectivity index (χ4v) is 2.93. The molecule has 0 saturated carbocycles. The van der Waals surface area contributed by atoms with E-state index in [4.69, 9.17) is 5.11 Å². The number of hydrogen-bond acceptors (Lipinski definition) is 3. The van der Waals surface area contributed by atoms with Gasteiger partial charge in [0.1, 0.15) is 6.04 Å². The Bertz CT molecular complexity index is 216. The molecule has 1 aliphatic heterocycles. The van der Waals surface area contributed by atoms with E-state index in [0.717, 1.165) is 0 Å². The Morgan fingerprint density at radius 3 is 2.31 bits per heavy atom. The summed E-state index contributed by atoms with van der Waals surface area (Å²) in [6.07, 6.45) is 0. The van der Waals surface area contributed by atoms with Gasteiger partial charge in [0.2, 0.25) is 0 Å². The molecule has 0 aromatic carbocycles. The molecule has 1 aliphatic rings. The average molecular weight is 203 g/mol. The molecule has 2 atom stereocenters. The highest BCUT2D eigenvalue weighted by molar-refractivity contribution is 8.01. The molecule has 3 nitrogen and oxygen atoms in total. The summed E-state index contributed by atoms with van der Waals surface area (Å²) in [7, 11) is 0. The summed E-state index contributed by atoms with van der Waals surface area (Å²) in [5.41, 5.74) is 0. The number of hydrogen-bond donors (Lipinski definition) is 2. The number of carboxylic acids is 1. The van der Waals surface area contributed by atoms with Gasteiger partial charge >= 0.3 is 5.97 Å². The van der Waals surface area contributed by atoms with Crippen LogP contribution in [0.3, 0.4) is 0 Å². The van der Waals surface area contributed by atoms with E-state index in [1.807, 2.05) is 13.8 Å². The van der Waals surface area contributed by atoms with E-state index in [9.17, 15) is 4.79 Å². The van der Waals surface area contributed by atoms with Crippen molar-refractivity contribution in [2.45, 2.75) is 43.9 Å². The summed E-state index contributed by atoms with van der Waals surface area (Å²) < 4.78 is -0.208. The van der Waals surface area contributed by atoms with E-state index in [2.05, 4.69) is 19.2 Å². The fourth-order valence-electron chi connectivity index (χ4n) is 1.49. The van der Waals surface area contributed by atoms with E-state index >= 15 is 0 Å². The molecule has 0 bridgehead atoms. The van der Waals surface area contributed by atoms with Gasteiger partial charge < -0.3 is 5.11 Å². The zero-order chi connectivity index (χ0) is 10.2. The summed E-state index contributed by atoms with van der Waals surface area (Å²) in [6, 6.07) is -0.426. The van der Waals surface area contributed by atoms with E-state index in [1.54, 1.807) is 11.8 Å². The molecule has 76 valence electrons. The largest absolute Gasteiger partial charge is 0.480 e. The van der Waals surface area contributed by atoms with Gasteiger partial charge in [0.05, 0.1) is 5.37 Å². The van der Waals surface area contributed by atoms with Gasteiger partial charge in [-0.2, -0.15) is 0 Å². The zero-order valence-electron chi connectivity index (χ0n) is 8.50. The minimum Gasteiger partial charge on any atom is -0.480 e. The Kier molecular flexibility index (Phi) is 2.92. The smallest absolute Gasteiger partial charge is 0.322 e. The first kappa shape index (κ1) is 10.9. The van der Waals surface area contributed by atoms with Crippen LogP contribution in [0, 0.1) is 5.92 Å². The van der Waals surface area contributed by atoms with Gasteiger partial charge in [0.15, 0.2) is 0 Å². The van der Waals surface area contributed by atoms with E-state index in [-0.39, 0.29) is 10.1 Å². The van der Waals surface area contributed by atoms with Crippen molar-refractivity contribution in [3.8, 4) is 0 Å². The Balaban J connectivity index is 2.74. The predicted molar refractivity (Wildman–Crippen MR) is 54.9 cm³/mol. The maximum atomic E-state index is 10.9. The Morgan fingerprint density at radius 1 is 1.54 bits per heavy atom. The number of carbonyl (C=O) groups is 1. The Labute approximate surface area is 83.3 Å². The van der Waals surface area contributed by atoms with Crippen LogP contribution in [0.4, 0.5) is 0 Å². The molecule has 4 heteroatoms. The first-order valence-corrected chi connectivity index (χ1v) is 5.39. The van der Waals surface area contributed by atoms with Crippen LogP contribution in [0.1, 0.15) is 27.7 Å². The molecule has 0 aromatic heterocycles. The van der Waals surface area contributed by atoms with Crippen molar-refractivity contribution in [1.29, 1.82) is 0 Å². The molecule has 0 aliphatic carbocycles. The second-order valence-electron chi connectivity index (χ2n) is 4.32. The summed E-state index contributed by atoms with van der Waals surface area (Å²) in [5, 5.41) is 12.4. The molecule has 0 radical (unpaired) electrons. The second kappa shape index (κ2) is 3.50. The van der Waals surface area contributed by atoms with E-state index in [0.29, 0.717) is 5.92 Å². The Hall–Kier alpha value is -0.220. The lowest BCUT2D eigenvalue weighted by Crippen LogP contribution is -2.45. The zero-order valence-corrected chi connectivity index (χ0v) is 9.31. The number of thioether (sulfide) groups is 1. The third-order valence-electron chi connectivity index (χ3n) is 2.31. The van der Waals surface area contributed by atoms with Crippen LogP contribution in [0.25, 0.3) is 0 Å². The first-order valence-electron chi connectivity index (χ1n) is 4.51. The average Bonchev–Trinajstić information content (AvgIpc) is 2.25. The SMILES string of the molecule is CC(C)[C@@H]1N[C@H](C(=O)O)C(C)(C)S1. The minimum absolute atomic E-state index is 0.208. The summed E-state index contributed by atoms with van der Waals surface area (Å²) in [5.74, 6) is -0.283. The van der Waals surface area contributed by atoms with Gasteiger partial charge in [-0.1, -0.05) is 13.8 Å².